The van der Waals surface area contributed by atoms with Crippen molar-refractivity contribution in [2.24, 2.45) is 5.92 Å². The number of carboxylic acid groups (broad SMARTS) is 1. The molecule has 1 aliphatic carbocycles. The summed E-state index contributed by atoms with van der Waals surface area (Å²) in [5, 5.41) is 8.88. The quantitative estimate of drug-likeness (QED) is 0.336. The number of ether oxygens (including phenoxy) is 2. The van der Waals surface area contributed by atoms with Crippen LogP contribution in [0.3, 0.4) is 0 Å². The number of carboxylic acids is 1. The van der Waals surface area contributed by atoms with Crippen molar-refractivity contribution < 1.29 is 19.4 Å². The van der Waals surface area contributed by atoms with E-state index in [9.17, 15) is 4.79 Å². The second kappa shape index (κ2) is 11.4. The average Bonchev–Trinajstić information content (AvgIpc) is 2.85. The predicted molar refractivity (Wildman–Crippen MR) is 127 cm³/mol. The first-order valence-corrected chi connectivity index (χ1v) is 11.4. The Kier molecular flexibility index (Phi) is 7.88. The molecule has 0 bridgehead atoms. The van der Waals surface area contributed by atoms with Crippen LogP contribution in [-0.4, -0.2) is 29.3 Å². The van der Waals surface area contributed by atoms with Gasteiger partial charge in [0.25, 0.3) is 0 Å². The van der Waals surface area contributed by atoms with Crippen molar-refractivity contribution in [1.29, 1.82) is 0 Å². The van der Waals surface area contributed by atoms with E-state index >= 15 is 0 Å². The van der Waals surface area contributed by atoms with Crippen molar-refractivity contribution in [3.05, 3.63) is 107 Å². The van der Waals surface area contributed by atoms with Gasteiger partial charge in [-0.3, -0.25) is 4.98 Å². The number of carbonyl (C=O) groups is 1. The number of rotatable bonds is 10. The fourth-order valence-electron chi connectivity index (χ4n) is 4.33. The van der Waals surface area contributed by atoms with E-state index in [1.165, 1.54) is 5.56 Å². The average molecular weight is 444 g/mol. The summed E-state index contributed by atoms with van der Waals surface area (Å²) in [7, 11) is 0. The lowest BCUT2D eigenvalue weighted by atomic mass is 9.83. The smallest absolute Gasteiger partial charge is 0.341 e. The molecule has 2 unspecified atom stereocenters. The van der Waals surface area contributed by atoms with Gasteiger partial charge < -0.3 is 14.6 Å². The van der Waals surface area contributed by atoms with Crippen molar-refractivity contribution in [2.45, 2.75) is 31.8 Å². The standard InChI is InChI=1S/C28H29NO4/c30-27(31)20-33-26-11-6-10-24-19-21(12-13-25(24)26)7-4-5-18-32-28(22-8-2-1-3-9-22)23-14-16-29-17-15-23/h1-4,6-11,14-17,21,28H,5,12-13,18-20H2,(H,30,31)/b7-4+. The van der Waals surface area contributed by atoms with Crippen LogP contribution in [0.1, 0.15) is 41.2 Å². The number of nitrogens with zero attached hydrogens (tertiary/aromatic N) is 1. The third-order valence-electron chi connectivity index (χ3n) is 5.92. The summed E-state index contributed by atoms with van der Waals surface area (Å²) in [6.07, 6.45) is 11.7. The Bertz CT molecular complexity index is 1030. The van der Waals surface area contributed by atoms with Gasteiger partial charge in [-0.2, -0.15) is 0 Å². The van der Waals surface area contributed by atoms with Crippen LogP contribution < -0.4 is 4.74 Å². The van der Waals surface area contributed by atoms with Crippen molar-refractivity contribution in [3.63, 3.8) is 0 Å². The van der Waals surface area contributed by atoms with Crippen LogP contribution >= 0.6 is 0 Å². The first-order chi connectivity index (χ1) is 16.2. The highest BCUT2D eigenvalue weighted by Gasteiger charge is 2.20. The summed E-state index contributed by atoms with van der Waals surface area (Å²) in [5.74, 6) is 0.219. The number of hydrogen-bond acceptors (Lipinski definition) is 4. The minimum absolute atomic E-state index is 0.103. The van der Waals surface area contributed by atoms with Gasteiger partial charge in [0.2, 0.25) is 0 Å². The minimum atomic E-state index is -0.954. The van der Waals surface area contributed by atoms with Gasteiger partial charge in [-0.05, 0) is 72.1 Å². The van der Waals surface area contributed by atoms with Gasteiger partial charge >= 0.3 is 5.97 Å². The molecular formula is C28H29NO4. The van der Waals surface area contributed by atoms with Gasteiger partial charge in [0.1, 0.15) is 11.9 Å². The molecule has 2 aromatic carbocycles. The van der Waals surface area contributed by atoms with Crippen LogP contribution in [0.15, 0.2) is 85.2 Å². The molecule has 5 nitrogen and oxygen atoms in total. The van der Waals surface area contributed by atoms with Crippen molar-refractivity contribution in [2.75, 3.05) is 13.2 Å². The summed E-state index contributed by atoms with van der Waals surface area (Å²) >= 11 is 0. The van der Waals surface area contributed by atoms with Gasteiger partial charge in [-0.25, -0.2) is 4.79 Å². The third-order valence-corrected chi connectivity index (χ3v) is 5.92. The number of aromatic nitrogens is 1. The number of allylic oxidation sites excluding steroid dienone is 1. The van der Waals surface area contributed by atoms with E-state index in [0.717, 1.165) is 42.4 Å². The number of benzene rings is 2. The molecule has 0 fully saturated rings. The van der Waals surface area contributed by atoms with Gasteiger partial charge in [-0.1, -0.05) is 54.6 Å². The topological polar surface area (TPSA) is 68.7 Å². The molecule has 0 aliphatic heterocycles. The lowest BCUT2D eigenvalue weighted by Gasteiger charge is -2.24. The molecule has 1 aromatic heterocycles. The first-order valence-electron chi connectivity index (χ1n) is 11.4. The van der Waals surface area contributed by atoms with Crippen LogP contribution in [0.2, 0.25) is 0 Å². The molecule has 0 spiro atoms. The van der Waals surface area contributed by atoms with E-state index < -0.39 is 5.97 Å². The summed E-state index contributed by atoms with van der Waals surface area (Å²) in [6.45, 7) is 0.331. The zero-order chi connectivity index (χ0) is 22.9. The lowest BCUT2D eigenvalue weighted by molar-refractivity contribution is -0.139. The normalized spacial score (nSPS) is 16.3. The van der Waals surface area contributed by atoms with Crippen LogP contribution in [0.5, 0.6) is 5.75 Å². The van der Waals surface area contributed by atoms with Crippen LogP contribution in [0.25, 0.3) is 0 Å². The van der Waals surface area contributed by atoms with E-state index in [4.69, 9.17) is 14.6 Å². The minimum Gasteiger partial charge on any atom is -0.482 e. The second-order valence-electron chi connectivity index (χ2n) is 8.24. The van der Waals surface area contributed by atoms with Gasteiger partial charge in [0.05, 0.1) is 6.61 Å². The Morgan fingerprint density at radius 1 is 1.06 bits per heavy atom. The summed E-state index contributed by atoms with van der Waals surface area (Å²) < 4.78 is 11.7. The maximum Gasteiger partial charge on any atom is 0.341 e. The molecule has 3 aromatic rings. The maximum atomic E-state index is 10.8. The molecule has 0 saturated carbocycles. The maximum absolute atomic E-state index is 10.8. The molecule has 0 radical (unpaired) electrons. The summed E-state index contributed by atoms with van der Waals surface area (Å²) in [4.78, 5) is 14.9. The van der Waals surface area contributed by atoms with Gasteiger partial charge in [0, 0.05) is 12.4 Å². The largest absolute Gasteiger partial charge is 0.482 e. The molecule has 5 heteroatoms. The highest BCUT2D eigenvalue weighted by Crippen LogP contribution is 2.33. The fourth-order valence-corrected chi connectivity index (χ4v) is 4.33. The predicted octanol–water partition coefficient (Wildman–Crippen LogP) is 5.40. The molecule has 4 rings (SSSR count). The molecule has 1 N–H and O–H groups in total. The fraction of sp³-hybridized carbons (Fsp3) is 0.286. The first kappa shape index (κ1) is 22.7. The highest BCUT2D eigenvalue weighted by atomic mass is 16.5. The lowest BCUT2D eigenvalue weighted by Crippen LogP contribution is -2.16. The number of pyridine rings is 1. The molecule has 1 heterocycles. The molecule has 0 saturated heterocycles. The van der Waals surface area contributed by atoms with Crippen LogP contribution in [-0.2, 0) is 22.4 Å². The molecule has 2 atom stereocenters. The molecule has 33 heavy (non-hydrogen) atoms. The van der Waals surface area contributed by atoms with Gasteiger partial charge in [-0.15, -0.1) is 0 Å². The zero-order valence-corrected chi connectivity index (χ0v) is 18.6. The molecule has 1 aliphatic rings. The molecule has 170 valence electrons. The Balaban J connectivity index is 1.31. The Morgan fingerprint density at radius 2 is 1.85 bits per heavy atom. The van der Waals surface area contributed by atoms with Crippen molar-refractivity contribution in [1.82, 2.24) is 4.98 Å². The second-order valence-corrected chi connectivity index (χ2v) is 8.24. The number of hydrogen-bond donors (Lipinski definition) is 1. The Morgan fingerprint density at radius 3 is 2.64 bits per heavy atom. The summed E-state index contributed by atoms with van der Waals surface area (Å²) in [5.41, 5.74) is 4.63. The van der Waals surface area contributed by atoms with Crippen molar-refractivity contribution >= 4 is 5.97 Å². The van der Waals surface area contributed by atoms with E-state index in [1.54, 1.807) is 12.4 Å². The Labute approximate surface area is 194 Å². The van der Waals surface area contributed by atoms with E-state index in [-0.39, 0.29) is 12.7 Å². The molecular weight excluding hydrogens is 414 g/mol. The highest BCUT2D eigenvalue weighted by molar-refractivity contribution is 5.68. The third kappa shape index (κ3) is 6.30. The number of fused-ring (bicyclic) bond motifs is 1. The zero-order valence-electron chi connectivity index (χ0n) is 18.6. The van der Waals surface area contributed by atoms with E-state index in [0.29, 0.717) is 18.3 Å². The van der Waals surface area contributed by atoms with Crippen LogP contribution in [0, 0.1) is 5.92 Å². The van der Waals surface area contributed by atoms with Crippen molar-refractivity contribution in [3.8, 4) is 5.75 Å². The van der Waals surface area contributed by atoms with Crippen LogP contribution in [0.4, 0.5) is 0 Å². The number of aliphatic carboxylic acids is 1. The van der Waals surface area contributed by atoms with Gasteiger partial charge in [0.15, 0.2) is 6.61 Å². The molecule has 0 amide bonds. The Hall–Kier alpha value is -3.44. The van der Waals surface area contributed by atoms with E-state index in [1.807, 2.05) is 42.5 Å². The monoisotopic (exact) mass is 443 g/mol. The summed E-state index contributed by atoms with van der Waals surface area (Å²) in [6, 6.07) is 20.2. The van der Waals surface area contributed by atoms with E-state index in [2.05, 4.69) is 35.3 Å². The SMILES string of the molecule is O=C(O)COc1cccc2c1CCC(/C=C/CCOC(c1ccccc1)c1ccncc1)C2.